The Kier molecular flexibility index (Phi) is 3.50. The minimum absolute atomic E-state index is 0.0821. The van der Waals surface area contributed by atoms with Gasteiger partial charge in [-0.15, -0.1) is 0 Å². The topological polar surface area (TPSA) is 81.0 Å². The van der Waals surface area contributed by atoms with Crippen LogP contribution in [-0.4, -0.2) is 45.6 Å². The maximum Gasteiger partial charge on any atom is 0.246 e. The van der Waals surface area contributed by atoms with Gasteiger partial charge < -0.3 is 4.57 Å². The van der Waals surface area contributed by atoms with Crippen molar-refractivity contribution in [1.82, 2.24) is 24.4 Å². The summed E-state index contributed by atoms with van der Waals surface area (Å²) in [6.45, 7) is 2.38. The third-order valence-corrected chi connectivity index (χ3v) is 4.48. The van der Waals surface area contributed by atoms with Gasteiger partial charge in [-0.25, -0.2) is 23.4 Å². The molecular formula is C13H17N5O2S. The molecule has 0 spiro atoms. The van der Waals surface area contributed by atoms with Crippen LogP contribution in [0.2, 0.25) is 0 Å². The molecule has 0 amide bonds. The molecule has 0 radical (unpaired) electrons. The third-order valence-electron chi connectivity index (χ3n) is 3.62. The van der Waals surface area contributed by atoms with Crippen LogP contribution >= 0.6 is 0 Å². The van der Waals surface area contributed by atoms with E-state index in [1.165, 1.54) is 0 Å². The van der Waals surface area contributed by atoms with Gasteiger partial charge in [0, 0.05) is 57.3 Å². The number of aromatic nitrogens is 4. The van der Waals surface area contributed by atoms with Gasteiger partial charge in [0.15, 0.2) is 0 Å². The molecule has 2 aromatic rings. The summed E-state index contributed by atoms with van der Waals surface area (Å²) in [5.74, 6) is 0. The van der Waals surface area contributed by atoms with E-state index >= 15 is 0 Å². The van der Waals surface area contributed by atoms with Crippen LogP contribution in [0.15, 0.2) is 23.9 Å². The molecule has 1 aliphatic heterocycles. The zero-order valence-corrected chi connectivity index (χ0v) is 12.8. The second-order valence-corrected chi connectivity index (χ2v) is 7.26. The number of fused-ring (bicyclic) bond motifs is 1. The van der Waals surface area contributed by atoms with Crippen LogP contribution in [0, 0.1) is 0 Å². The van der Waals surface area contributed by atoms with Crippen LogP contribution in [-0.2, 0) is 36.4 Å². The molecule has 0 aliphatic carbocycles. The normalized spacial score (nSPS) is 15.9. The summed E-state index contributed by atoms with van der Waals surface area (Å²) < 4.78 is 25.0. The van der Waals surface area contributed by atoms with Crippen LogP contribution < -0.4 is 0 Å². The van der Waals surface area contributed by atoms with Crippen molar-refractivity contribution in [1.29, 1.82) is 0 Å². The first-order valence-electron chi connectivity index (χ1n) is 6.66. The summed E-state index contributed by atoms with van der Waals surface area (Å²) >= 11 is 0. The molecule has 0 atom stereocenters. The minimum atomic E-state index is -3.34. The molecule has 0 saturated heterocycles. The molecule has 0 saturated carbocycles. The number of hydrogen-bond donors (Lipinski definition) is 0. The number of rotatable bonds is 3. The molecule has 3 rings (SSSR count). The Balaban J connectivity index is 1.79. The Morgan fingerprint density at radius 3 is 2.81 bits per heavy atom. The average Bonchev–Trinajstić information content (AvgIpc) is 2.82. The fourth-order valence-corrected chi connectivity index (χ4v) is 2.96. The van der Waals surface area contributed by atoms with Crippen LogP contribution in [0.4, 0.5) is 0 Å². The summed E-state index contributed by atoms with van der Waals surface area (Å²) in [7, 11) is -1.37. The van der Waals surface area contributed by atoms with Gasteiger partial charge in [-0.1, -0.05) is 0 Å². The molecule has 0 fully saturated rings. The lowest BCUT2D eigenvalue weighted by Crippen LogP contribution is -2.31. The van der Waals surface area contributed by atoms with Gasteiger partial charge >= 0.3 is 0 Å². The largest absolute Gasteiger partial charge is 0.337 e. The molecular weight excluding hydrogens is 290 g/mol. The molecule has 0 bridgehead atoms. The maximum atomic E-state index is 11.5. The van der Waals surface area contributed by atoms with Crippen molar-refractivity contribution in [2.45, 2.75) is 24.7 Å². The van der Waals surface area contributed by atoms with Crippen LogP contribution in [0.5, 0.6) is 0 Å². The van der Waals surface area contributed by atoms with E-state index in [-0.39, 0.29) is 5.16 Å². The van der Waals surface area contributed by atoms with Gasteiger partial charge in [0.2, 0.25) is 15.0 Å². The highest BCUT2D eigenvalue weighted by atomic mass is 32.2. The first kappa shape index (κ1) is 14.2. The molecule has 2 aromatic heterocycles. The molecule has 112 valence electrons. The molecule has 3 heterocycles. The summed E-state index contributed by atoms with van der Waals surface area (Å²) in [5, 5.41) is -0.0821. The number of nitrogens with zero attached hydrogens (tertiary/aromatic N) is 5. The van der Waals surface area contributed by atoms with Gasteiger partial charge in [0.1, 0.15) is 0 Å². The highest BCUT2D eigenvalue weighted by Gasteiger charge is 2.21. The zero-order valence-electron chi connectivity index (χ0n) is 12.0. The Hall–Kier alpha value is -1.80. The average molecular weight is 307 g/mol. The third kappa shape index (κ3) is 2.96. The van der Waals surface area contributed by atoms with E-state index in [1.54, 1.807) is 12.5 Å². The van der Waals surface area contributed by atoms with E-state index < -0.39 is 9.84 Å². The summed E-state index contributed by atoms with van der Waals surface area (Å²) in [6, 6.07) is 0. The van der Waals surface area contributed by atoms with Crippen molar-refractivity contribution in [3.8, 4) is 0 Å². The van der Waals surface area contributed by atoms with E-state index in [4.69, 9.17) is 0 Å². The lowest BCUT2D eigenvalue weighted by atomic mass is 10.1. The highest BCUT2D eigenvalue weighted by molar-refractivity contribution is 7.90. The maximum absolute atomic E-state index is 11.5. The molecule has 21 heavy (non-hydrogen) atoms. The van der Waals surface area contributed by atoms with Crippen LogP contribution in [0.25, 0.3) is 0 Å². The minimum Gasteiger partial charge on any atom is -0.337 e. The highest BCUT2D eigenvalue weighted by Crippen LogP contribution is 2.19. The van der Waals surface area contributed by atoms with Gasteiger partial charge in [-0.05, 0) is 0 Å². The zero-order chi connectivity index (χ0) is 15.0. The Labute approximate surface area is 123 Å². The number of hydrogen-bond acceptors (Lipinski definition) is 6. The predicted octanol–water partition coefficient (Wildman–Crippen LogP) is 0.172. The van der Waals surface area contributed by atoms with Gasteiger partial charge in [-0.2, -0.15) is 0 Å². The van der Waals surface area contributed by atoms with E-state index in [2.05, 4.69) is 19.9 Å². The van der Waals surface area contributed by atoms with E-state index in [0.717, 1.165) is 49.3 Å². The SMILES string of the molecule is Cn1cncc1CN1CCc2nc(S(C)(=O)=O)ncc2C1. The number of imidazole rings is 1. The van der Waals surface area contributed by atoms with Crippen molar-refractivity contribution in [2.75, 3.05) is 12.8 Å². The van der Waals surface area contributed by atoms with Gasteiger partial charge in [0.05, 0.1) is 17.7 Å². The van der Waals surface area contributed by atoms with E-state index in [0.29, 0.717) is 0 Å². The first-order valence-corrected chi connectivity index (χ1v) is 8.55. The van der Waals surface area contributed by atoms with E-state index in [9.17, 15) is 8.42 Å². The first-order chi connectivity index (χ1) is 9.93. The predicted molar refractivity (Wildman–Crippen MR) is 76.2 cm³/mol. The quantitative estimate of drug-likeness (QED) is 0.752. The Morgan fingerprint density at radius 1 is 1.33 bits per heavy atom. The number of sulfone groups is 1. The Bertz CT molecular complexity index is 769. The lowest BCUT2D eigenvalue weighted by Gasteiger charge is -2.27. The van der Waals surface area contributed by atoms with Crippen LogP contribution in [0.1, 0.15) is 17.0 Å². The fraction of sp³-hybridized carbons (Fsp3) is 0.462. The van der Waals surface area contributed by atoms with Crippen molar-refractivity contribution in [3.05, 3.63) is 35.7 Å². The van der Waals surface area contributed by atoms with E-state index in [1.807, 2.05) is 17.8 Å². The lowest BCUT2D eigenvalue weighted by molar-refractivity contribution is 0.237. The van der Waals surface area contributed by atoms with Crippen molar-refractivity contribution < 1.29 is 8.42 Å². The molecule has 1 aliphatic rings. The van der Waals surface area contributed by atoms with Crippen molar-refractivity contribution in [2.24, 2.45) is 7.05 Å². The fourth-order valence-electron chi connectivity index (χ4n) is 2.44. The molecule has 0 aromatic carbocycles. The second kappa shape index (κ2) is 5.19. The van der Waals surface area contributed by atoms with Gasteiger partial charge in [-0.3, -0.25) is 4.90 Å². The Morgan fingerprint density at radius 2 is 2.14 bits per heavy atom. The van der Waals surface area contributed by atoms with Crippen LogP contribution in [0.3, 0.4) is 0 Å². The monoisotopic (exact) mass is 307 g/mol. The van der Waals surface area contributed by atoms with Gasteiger partial charge in [0.25, 0.3) is 0 Å². The van der Waals surface area contributed by atoms with Crippen molar-refractivity contribution >= 4 is 9.84 Å². The summed E-state index contributed by atoms with van der Waals surface area (Å²) in [6.07, 6.45) is 7.14. The summed E-state index contributed by atoms with van der Waals surface area (Å²) in [5.41, 5.74) is 2.98. The molecule has 0 unspecified atom stereocenters. The second-order valence-electron chi connectivity index (χ2n) is 5.35. The molecule has 7 nitrogen and oxygen atoms in total. The molecule has 8 heteroatoms. The standard InChI is InChI=1S/C13H17N5O2S/c1-17-9-14-6-11(17)8-18-4-3-12-10(7-18)5-15-13(16-12)21(2,19)20/h5-6,9H,3-4,7-8H2,1-2H3. The molecule has 0 N–H and O–H groups in total. The number of aryl methyl sites for hydroxylation is 1. The summed E-state index contributed by atoms with van der Waals surface area (Å²) in [4.78, 5) is 14.6. The van der Waals surface area contributed by atoms with Crippen molar-refractivity contribution in [3.63, 3.8) is 0 Å². The smallest absolute Gasteiger partial charge is 0.246 e.